The van der Waals surface area contributed by atoms with Gasteiger partial charge in [-0.15, -0.1) is 0 Å². The summed E-state index contributed by atoms with van der Waals surface area (Å²) in [5.41, 5.74) is 6.52. The van der Waals surface area contributed by atoms with Crippen LogP contribution in [0.15, 0.2) is 12.4 Å². The average molecular weight is 219 g/mol. The molecular formula is C10H10FN5. The monoisotopic (exact) mass is 219 g/mol. The Hall–Kier alpha value is -2.11. The maximum absolute atomic E-state index is 13.2. The number of nitrogen functional groups attached to an aromatic ring is 1. The largest absolute Gasteiger partial charge is 0.381 e. The third-order valence-electron chi connectivity index (χ3n) is 2.02. The van der Waals surface area contributed by atoms with E-state index in [1.165, 1.54) is 6.92 Å². The van der Waals surface area contributed by atoms with Gasteiger partial charge in [0.15, 0.2) is 23.3 Å². The van der Waals surface area contributed by atoms with E-state index >= 15 is 0 Å². The zero-order valence-electron chi connectivity index (χ0n) is 8.90. The first kappa shape index (κ1) is 10.4. The van der Waals surface area contributed by atoms with Crippen molar-refractivity contribution in [2.45, 2.75) is 13.8 Å². The Kier molecular flexibility index (Phi) is 2.47. The van der Waals surface area contributed by atoms with Crippen molar-refractivity contribution < 1.29 is 4.39 Å². The Balaban J connectivity index is 2.52. The molecule has 0 saturated heterocycles. The first-order chi connectivity index (χ1) is 7.58. The van der Waals surface area contributed by atoms with Gasteiger partial charge in [-0.25, -0.2) is 24.3 Å². The van der Waals surface area contributed by atoms with Crippen molar-refractivity contribution in [3.05, 3.63) is 29.5 Å². The van der Waals surface area contributed by atoms with Crippen LogP contribution in [0.4, 0.5) is 10.2 Å². The molecule has 2 heterocycles. The Morgan fingerprint density at radius 3 is 2.25 bits per heavy atom. The summed E-state index contributed by atoms with van der Waals surface area (Å²) < 4.78 is 13.2. The van der Waals surface area contributed by atoms with Crippen LogP contribution < -0.4 is 5.73 Å². The molecule has 5 nitrogen and oxygen atoms in total. The van der Waals surface area contributed by atoms with Gasteiger partial charge in [0.05, 0.1) is 5.69 Å². The molecule has 0 aliphatic heterocycles. The van der Waals surface area contributed by atoms with E-state index in [1.807, 2.05) is 6.92 Å². The minimum Gasteiger partial charge on any atom is -0.381 e. The van der Waals surface area contributed by atoms with Crippen molar-refractivity contribution in [2.75, 3.05) is 5.73 Å². The van der Waals surface area contributed by atoms with Gasteiger partial charge in [-0.2, -0.15) is 0 Å². The van der Waals surface area contributed by atoms with Crippen molar-refractivity contribution in [3.8, 4) is 11.6 Å². The van der Waals surface area contributed by atoms with Crippen LogP contribution in [0.2, 0.25) is 0 Å². The normalized spacial score (nSPS) is 10.4. The summed E-state index contributed by atoms with van der Waals surface area (Å²) in [6.07, 6.45) is 3.28. The van der Waals surface area contributed by atoms with E-state index in [2.05, 4.69) is 19.9 Å². The smallest absolute Gasteiger partial charge is 0.200 e. The maximum atomic E-state index is 13.2. The Morgan fingerprint density at radius 1 is 1.06 bits per heavy atom. The molecule has 0 aliphatic rings. The molecule has 2 aromatic rings. The van der Waals surface area contributed by atoms with E-state index in [1.54, 1.807) is 12.4 Å². The molecule has 6 heteroatoms. The van der Waals surface area contributed by atoms with Gasteiger partial charge >= 0.3 is 0 Å². The standard InChI is InChI=1S/C10H10FN5/c1-5-3-13-9(14-4-5)10-15-6(2)7(11)8(12)16-10/h3-4H,1-2H3,(H2,12,15,16). The number of nitrogens with zero attached hydrogens (tertiary/aromatic N) is 4. The van der Waals surface area contributed by atoms with Crippen LogP contribution in [-0.2, 0) is 0 Å². The van der Waals surface area contributed by atoms with Crippen molar-refractivity contribution >= 4 is 5.82 Å². The molecule has 0 atom stereocenters. The number of anilines is 1. The lowest BCUT2D eigenvalue weighted by atomic mass is 10.3. The summed E-state index contributed by atoms with van der Waals surface area (Å²) in [6.45, 7) is 3.39. The predicted molar refractivity (Wildman–Crippen MR) is 56.9 cm³/mol. The third-order valence-corrected chi connectivity index (χ3v) is 2.02. The van der Waals surface area contributed by atoms with Gasteiger partial charge in [0.2, 0.25) is 0 Å². The fourth-order valence-electron chi connectivity index (χ4n) is 1.19. The van der Waals surface area contributed by atoms with E-state index in [0.29, 0.717) is 5.82 Å². The fourth-order valence-corrected chi connectivity index (χ4v) is 1.19. The SMILES string of the molecule is Cc1cnc(-c2nc(C)c(F)c(N)n2)nc1. The molecule has 0 amide bonds. The molecule has 82 valence electrons. The average Bonchev–Trinajstić information content (AvgIpc) is 2.26. The summed E-state index contributed by atoms with van der Waals surface area (Å²) in [7, 11) is 0. The third kappa shape index (κ3) is 1.81. The number of hydrogen-bond donors (Lipinski definition) is 1. The lowest BCUT2D eigenvalue weighted by Gasteiger charge is -2.03. The number of aromatic nitrogens is 4. The molecule has 2 N–H and O–H groups in total. The van der Waals surface area contributed by atoms with Crippen LogP contribution in [0.3, 0.4) is 0 Å². The summed E-state index contributed by atoms with van der Waals surface area (Å²) in [6, 6.07) is 0. The Bertz CT molecular complexity index is 500. The highest BCUT2D eigenvalue weighted by atomic mass is 19.1. The van der Waals surface area contributed by atoms with Gasteiger partial charge in [-0.1, -0.05) is 0 Å². The van der Waals surface area contributed by atoms with E-state index in [9.17, 15) is 4.39 Å². The van der Waals surface area contributed by atoms with Crippen LogP contribution in [0.25, 0.3) is 11.6 Å². The van der Waals surface area contributed by atoms with Gasteiger partial charge < -0.3 is 5.73 Å². The lowest BCUT2D eigenvalue weighted by molar-refractivity contribution is 0.608. The lowest BCUT2D eigenvalue weighted by Crippen LogP contribution is -2.04. The highest BCUT2D eigenvalue weighted by Gasteiger charge is 2.11. The van der Waals surface area contributed by atoms with Crippen molar-refractivity contribution in [2.24, 2.45) is 0 Å². The summed E-state index contributed by atoms with van der Waals surface area (Å²) >= 11 is 0. The van der Waals surface area contributed by atoms with E-state index in [4.69, 9.17) is 5.73 Å². The second-order valence-electron chi connectivity index (χ2n) is 3.42. The number of aryl methyl sites for hydroxylation is 2. The number of rotatable bonds is 1. The molecule has 0 fully saturated rings. The van der Waals surface area contributed by atoms with E-state index in [0.717, 1.165) is 5.56 Å². The molecule has 0 saturated carbocycles. The summed E-state index contributed by atoms with van der Waals surface area (Å²) in [5.74, 6) is -0.223. The van der Waals surface area contributed by atoms with Crippen LogP contribution in [0, 0.1) is 19.7 Å². The van der Waals surface area contributed by atoms with Crippen LogP contribution >= 0.6 is 0 Å². The Morgan fingerprint density at radius 2 is 1.69 bits per heavy atom. The van der Waals surface area contributed by atoms with Crippen molar-refractivity contribution in [1.82, 2.24) is 19.9 Å². The predicted octanol–water partition coefficient (Wildman–Crippen LogP) is 1.27. The molecule has 0 aromatic carbocycles. The van der Waals surface area contributed by atoms with Gasteiger partial charge in [-0.3, -0.25) is 0 Å². The molecule has 0 radical (unpaired) electrons. The van der Waals surface area contributed by atoms with Crippen molar-refractivity contribution in [3.63, 3.8) is 0 Å². The van der Waals surface area contributed by atoms with E-state index < -0.39 is 5.82 Å². The van der Waals surface area contributed by atoms with Gasteiger partial charge in [0.1, 0.15) is 0 Å². The summed E-state index contributed by atoms with van der Waals surface area (Å²) in [4.78, 5) is 15.8. The minimum atomic E-state index is -0.601. The molecule has 16 heavy (non-hydrogen) atoms. The van der Waals surface area contributed by atoms with Gasteiger partial charge in [0.25, 0.3) is 0 Å². The first-order valence-corrected chi connectivity index (χ1v) is 4.66. The highest BCUT2D eigenvalue weighted by Crippen LogP contribution is 2.15. The van der Waals surface area contributed by atoms with Crippen molar-refractivity contribution in [1.29, 1.82) is 0 Å². The maximum Gasteiger partial charge on any atom is 0.200 e. The zero-order chi connectivity index (χ0) is 11.7. The molecule has 0 spiro atoms. The molecular weight excluding hydrogens is 209 g/mol. The van der Waals surface area contributed by atoms with E-state index in [-0.39, 0.29) is 17.3 Å². The highest BCUT2D eigenvalue weighted by molar-refractivity contribution is 5.47. The second kappa shape index (κ2) is 3.80. The first-order valence-electron chi connectivity index (χ1n) is 4.66. The summed E-state index contributed by atoms with van der Waals surface area (Å²) in [5, 5.41) is 0. The quantitative estimate of drug-likeness (QED) is 0.781. The fraction of sp³-hybridized carbons (Fsp3) is 0.200. The van der Waals surface area contributed by atoms with Crippen LogP contribution in [0.5, 0.6) is 0 Å². The number of hydrogen-bond acceptors (Lipinski definition) is 5. The minimum absolute atomic E-state index is 0.187. The number of nitrogens with two attached hydrogens (primary N) is 1. The molecule has 0 unspecified atom stereocenters. The molecule has 0 bridgehead atoms. The molecule has 2 rings (SSSR count). The Labute approximate surface area is 91.6 Å². The van der Waals surface area contributed by atoms with Crippen LogP contribution in [0.1, 0.15) is 11.3 Å². The van der Waals surface area contributed by atoms with Gasteiger partial charge in [0, 0.05) is 12.4 Å². The zero-order valence-corrected chi connectivity index (χ0v) is 8.90. The topological polar surface area (TPSA) is 77.6 Å². The van der Waals surface area contributed by atoms with Gasteiger partial charge in [-0.05, 0) is 19.4 Å². The molecule has 0 aliphatic carbocycles. The van der Waals surface area contributed by atoms with Crippen LogP contribution in [-0.4, -0.2) is 19.9 Å². The number of halogens is 1. The second-order valence-corrected chi connectivity index (χ2v) is 3.42. The molecule has 2 aromatic heterocycles.